The molecule has 0 bridgehead atoms. The molecule has 16 heavy (non-hydrogen) atoms. The highest BCUT2D eigenvalue weighted by molar-refractivity contribution is 5.80. The highest BCUT2D eigenvalue weighted by Crippen LogP contribution is 2.06. The number of hydrogen-bond acceptors (Lipinski definition) is 4. The Balaban J connectivity index is 2.41. The number of nitrogens with one attached hydrogen (secondary N) is 1. The fourth-order valence-electron chi connectivity index (χ4n) is 0.910. The second-order valence-electron chi connectivity index (χ2n) is 4.15. The average Bonchev–Trinajstić information content (AvgIpc) is 2.16. The summed E-state index contributed by atoms with van der Waals surface area (Å²) in [7, 11) is 0. The number of ether oxygens (including phenoxy) is 1. The number of aromatic nitrogens is 1. The molecule has 1 N–H and O–H groups in total. The van der Waals surface area contributed by atoms with E-state index in [-0.39, 0.29) is 0 Å². The summed E-state index contributed by atoms with van der Waals surface area (Å²) in [5, 5.41) is 3.75. The van der Waals surface area contributed by atoms with Crippen LogP contribution in [0, 0.1) is 0 Å². The number of hydrogen-bond donors (Lipinski definition) is 1. The first-order valence-electron chi connectivity index (χ1n) is 4.89. The monoisotopic (exact) mass is 221 g/mol. The number of carbonyl (C=O) groups excluding carboxylic acids is 1. The number of hydrazone groups is 1. The Kier molecular flexibility index (Phi) is 3.99. The summed E-state index contributed by atoms with van der Waals surface area (Å²) in [4.78, 5) is 15.1. The third-order valence-corrected chi connectivity index (χ3v) is 1.47. The maximum Gasteiger partial charge on any atom is 0.428 e. The predicted octanol–water partition coefficient (Wildman–Crippen LogP) is 1.94. The molecule has 0 unspecified atom stereocenters. The van der Waals surface area contributed by atoms with Crippen molar-refractivity contribution in [3.8, 4) is 0 Å². The smallest absolute Gasteiger partial charge is 0.428 e. The van der Waals surface area contributed by atoms with Gasteiger partial charge in [-0.1, -0.05) is 0 Å². The summed E-state index contributed by atoms with van der Waals surface area (Å²) in [5.74, 6) is 0. The van der Waals surface area contributed by atoms with Crippen molar-refractivity contribution in [1.29, 1.82) is 0 Å². The Morgan fingerprint density at radius 3 is 2.62 bits per heavy atom. The summed E-state index contributed by atoms with van der Waals surface area (Å²) < 4.78 is 5.00. The maximum absolute atomic E-state index is 11.2. The van der Waals surface area contributed by atoms with Gasteiger partial charge >= 0.3 is 6.09 Å². The normalized spacial score (nSPS) is 11.4. The maximum atomic E-state index is 11.2. The van der Waals surface area contributed by atoms with E-state index in [9.17, 15) is 4.79 Å². The summed E-state index contributed by atoms with van der Waals surface area (Å²) in [5.41, 5.74) is 2.61. The number of amides is 1. The molecule has 0 saturated heterocycles. The van der Waals surface area contributed by atoms with Crippen LogP contribution in [0.3, 0.4) is 0 Å². The van der Waals surface area contributed by atoms with E-state index in [0.29, 0.717) is 0 Å². The molecule has 5 heteroatoms. The van der Waals surface area contributed by atoms with Crippen molar-refractivity contribution in [2.45, 2.75) is 26.4 Å². The number of carbonyl (C=O) groups is 1. The minimum atomic E-state index is -0.571. The van der Waals surface area contributed by atoms with Gasteiger partial charge in [-0.3, -0.25) is 4.98 Å². The molecule has 0 atom stereocenters. The van der Waals surface area contributed by atoms with Crippen LogP contribution >= 0.6 is 0 Å². The lowest BCUT2D eigenvalue weighted by Gasteiger charge is -2.18. The van der Waals surface area contributed by atoms with Gasteiger partial charge in [0, 0.05) is 12.4 Å². The third-order valence-electron chi connectivity index (χ3n) is 1.47. The second kappa shape index (κ2) is 5.25. The highest BCUT2D eigenvalue weighted by atomic mass is 16.6. The van der Waals surface area contributed by atoms with Gasteiger partial charge in [-0.15, -0.1) is 0 Å². The molecule has 0 saturated carbocycles. The van der Waals surface area contributed by atoms with Crippen LogP contribution in [0.1, 0.15) is 26.3 Å². The molecule has 86 valence electrons. The quantitative estimate of drug-likeness (QED) is 0.613. The van der Waals surface area contributed by atoms with E-state index < -0.39 is 11.7 Å². The first kappa shape index (κ1) is 12.2. The van der Waals surface area contributed by atoms with Crippen LogP contribution in [0.25, 0.3) is 0 Å². The molecule has 1 heterocycles. The van der Waals surface area contributed by atoms with Gasteiger partial charge in [0.2, 0.25) is 0 Å². The van der Waals surface area contributed by atoms with Gasteiger partial charge in [0.1, 0.15) is 5.60 Å². The number of rotatable bonds is 2. The topological polar surface area (TPSA) is 63.6 Å². The average molecular weight is 221 g/mol. The number of pyridine rings is 1. The van der Waals surface area contributed by atoms with Crippen molar-refractivity contribution in [2.75, 3.05) is 0 Å². The van der Waals surface area contributed by atoms with Crippen LogP contribution in [0.15, 0.2) is 29.6 Å². The molecule has 0 spiro atoms. The standard InChI is InChI=1S/C11H15N3O2/c1-11(2,3)16-10(15)14-13-8-9-4-6-12-7-5-9/h4-8H,1-3H3,(H,14,15). The largest absolute Gasteiger partial charge is 0.443 e. The summed E-state index contributed by atoms with van der Waals surface area (Å²) in [6, 6.07) is 3.56. The molecule has 0 aliphatic carbocycles. The predicted molar refractivity (Wildman–Crippen MR) is 61.2 cm³/mol. The van der Waals surface area contributed by atoms with Gasteiger partial charge in [-0.05, 0) is 38.5 Å². The Labute approximate surface area is 94.5 Å². The van der Waals surface area contributed by atoms with E-state index in [1.807, 2.05) is 0 Å². The Bertz CT molecular complexity index is 369. The van der Waals surface area contributed by atoms with E-state index in [2.05, 4.69) is 15.5 Å². The van der Waals surface area contributed by atoms with Crippen LogP contribution in [0.4, 0.5) is 4.79 Å². The molecule has 0 aliphatic rings. The van der Waals surface area contributed by atoms with Crippen LogP contribution < -0.4 is 5.43 Å². The van der Waals surface area contributed by atoms with E-state index in [1.165, 1.54) is 6.21 Å². The van der Waals surface area contributed by atoms with E-state index in [0.717, 1.165) is 5.56 Å². The fraction of sp³-hybridized carbons (Fsp3) is 0.364. The summed E-state index contributed by atoms with van der Waals surface area (Å²) >= 11 is 0. The fourth-order valence-corrected chi connectivity index (χ4v) is 0.910. The van der Waals surface area contributed by atoms with Crippen molar-refractivity contribution in [2.24, 2.45) is 5.10 Å². The molecule has 0 radical (unpaired) electrons. The molecule has 1 rings (SSSR count). The lowest BCUT2D eigenvalue weighted by atomic mass is 10.2. The molecule has 1 aromatic heterocycles. The van der Waals surface area contributed by atoms with Gasteiger partial charge in [-0.25, -0.2) is 10.2 Å². The van der Waals surface area contributed by atoms with Crippen LogP contribution in [-0.2, 0) is 4.74 Å². The number of nitrogens with zero attached hydrogens (tertiary/aromatic N) is 2. The Morgan fingerprint density at radius 1 is 1.44 bits per heavy atom. The van der Waals surface area contributed by atoms with Crippen LogP contribution in [0.2, 0.25) is 0 Å². The minimum absolute atomic E-state index is 0.518. The lowest BCUT2D eigenvalue weighted by Crippen LogP contribution is -2.29. The SMILES string of the molecule is CC(C)(C)OC(=O)NN=Cc1ccncc1. The zero-order valence-corrected chi connectivity index (χ0v) is 9.60. The highest BCUT2D eigenvalue weighted by Gasteiger charge is 2.15. The first-order valence-corrected chi connectivity index (χ1v) is 4.89. The van der Waals surface area contributed by atoms with Crippen molar-refractivity contribution in [3.63, 3.8) is 0 Å². The van der Waals surface area contributed by atoms with Gasteiger partial charge in [0.15, 0.2) is 0 Å². The Hall–Kier alpha value is -1.91. The second-order valence-corrected chi connectivity index (χ2v) is 4.15. The van der Waals surface area contributed by atoms with Crippen molar-refractivity contribution < 1.29 is 9.53 Å². The van der Waals surface area contributed by atoms with Gasteiger partial charge in [0.25, 0.3) is 0 Å². The molecule has 0 aromatic carbocycles. The molecule has 1 amide bonds. The van der Waals surface area contributed by atoms with Crippen LogP contribution in [0.5, 0.6) is 0 Å². The zero-order chi connectivity index (χ0) is 12.0. The minimum Gasteiger partial charge on any atom is -0.443 e. The van der Waals surface area contributed by atoms with Gasteiger partial charge in [0.05, 0.1) is 6.21 Å². The Morgan fingerprint density at radius 2 is 2.06 bits per heavy atom. The van der Waals surface area contributed by atoms with Gasteiger partial charge in [-0.2, -0.15) is 5.10 Å². The summed E-state index contributed by atoms with van der Waals surface area (Å²) in [6.07, 6.45) is 4.24. The summed E-state index contributed by atoms with van der Waals surface area (Å²) in [6.45, 7) is 5.37. The first-order chi connectivity index (χ1) is 7.47. The third kappa shape index (κ3) is 5.09. The molecule has 0 fully saturated rings. The van der Waals surface area contributed by atoms with Crippen molar-refractivity contribution in [1.82, 2.24) is 10.4 Å². The molecule has 5 nitrogen and oxygen atoms in total. The molecule has 1 aromatic rings. The van der Waals surface area contributed by atoms with E-state index >= 15 is 0 Å². The van der Waals surface area contributed by atoms with Crippen molar-refractivity contribution in [3.05, 3.63) is 30.1 Å². The lowest BCUT2D eigenvalue weighted by molar-refractivity contribution is 0.0529. The molecular weight excluding hydrogens is 206 g/mol. The van der Waals surface area contributed by atoms with E-state index in [1.54, 1.807) is 45.3 Å². The van der Waals surface area contributed by atoms with E-state index in [4.69, 9.17) is 4.74 Å². The molecule has 0 aliphatic heterocycles. The van der Waals surface area contributed by atoms with Gasteiger partial charge < -0.3 is 4.74 Å². The van der Waals surface area contributed by atoms with Crippen molar-refractivity contribution >= 4 is 12.3 Å². The zero-order valence-electron chi connectivity index (χ0n) is 9.60. The van der Waals surface area contributed by atoms with Crippen LogP contribution in [-0.4, -0.2) is 22.9 Å². The molecular formula is C11H15N3O2.